The topological polar surface area (TPSA) is 88.4 Å². The average Bonchev–Trinajstić information content (AvgIpc) is 3.17. The molecule has 0 spiro atoms. The fourth-order valence-electron chi connectivity index (χ4n) is 3.28. The quantitative estimate of drug-likeness (QED) is 0.786. The van der Waals surface area contributed by atoms with Crippen molar-refractivity contribution < 1.29 is 17.6 Å². The summed E-state index contributed by atoms with van der Waals surface area (Å²) in [7, 11) is -3.27. The number of hydrogen-bond donors (Lipinski definition) is 2. The third-order valence-electron chi connectivity index (χ3n) is 4.99. The summed E-state index contributed by atoms with van der Waals surface area (Å²) in [5.41, 5.74) is 1.64. The van der Waals surface area contributed by atoms with Crippen molar-refractivity contribution in [2.45, 2.75) is 50.8 Å². The van der Waals surface area contributed by atoms with E-state index in [-0.39, 0.29) is 17.9 Å². The van der Waals surface area contributed by atoms with Gasteiger partial charge in [0.1, 0.15) is 5.76 Å². The molecule has 0 unspecified atom stereocenters. The molecule has 2 N–H and O–H groups in total. The van der Waals surface area contributed by atoms with Gasteiger partial charge in [0.15, 0.2) is 0 Å². The van der Waals surface area contributed by atoms with Crippen LogP contribution in [0, 0.1) is 5.92 Å². The predicted octanol–water partition coefficient (Wildman–Crippen LogP) is 3.77. The van der Waals surface area contributed by atoms with Crippen molar-refractivity contribution >= 4 is 21.6 Å². The lowest BCUT2D eigenvalue weighted by atomic mass is 9.86. The summed E-state index contributed by atoms with van der Waals surface area (Å²) in [6.45, 7) is 3.33. The Kier molecular flexibility index (Phi) is 6.01. The highest BCUT2D eigenvalue weighted by Crippen LogP contribution is 2.28. The zero-order valence-corrected chi connectivity index (χ0v) is 16.5. The van der Waals surface area contributed by atoms with Gasteiger partial charge in [0, 0.05) is 23.2 Å². The molecular weight excluding hydrogens is 364 g/mol. The van der Waals surface area contributed by atoms with E-state index in [1.54, 1.807) is 20.1 Å². The van der Waals surface area contributed by atoms with Crippen LogP contribution >= 0.6 is 0 Å². The second-order valence-corrected chi connectivity index (χ2v) is 9.58. The Morgan fingerprint density at radius 2 is 1.85 bits per heavy atom. The molecule has 0 aliphatic heterocycles. The molecule has 2 aromatic rings. The molecule has 3 rings (SSSR count). The zero-order chi connectivity index (χ0) is 19.4. The number of nitrogens with one attached hydrogen (secondary N) is 2. The molecule has 1 fully saturated rings. The van der Waals surface area contributed by atoms with Gasteiger partial charge in [0.05, 0.1) is 11.5 Å². The molecule has 27 heavy (non-hydrogen) atoms. The number of rotatable bonds is 6. The zero-order valence-electron chi connectivity index (χ0n) is 15.6. The van der Waals surface area contributed by atoms with Gasteiger partial charge in [-0.1, -0.05) is 12.1 Å². The summed E-state index contributed by atoms with van der Waals surface area (Å²) in [6, 6.07) is 11.2. The van der Waals surface area contributed by atoms with Gasteiger partial charge < -0.3 is 9.73 Å². The maximum Gasteiger partial charge on any atom is 0.227 e. The Morgan fingerprint density at radius 3 is 2.48 bits per heavy atom. The summed E-state index contributed by atoms with van der Waals surface area (Å²) < 4.78 is 32.1. The summed E-state index contributed by atoms with van der Waals surface area (Å²) in [5, 5.41) is 2.53. The van der Waals surface area contributed by atoms with Crippen molar-refractivity contribution in [1.29, 1.82) is 0 Å². The molecule has 6 nitrogen and oxygen atoms in total. The highest BCUT2D eigenvalue weighted by molar-refractivity contribution is 7.90. The number of amides is 1. The van der Waals surface area contributed by atoms with Crippen LogP contribution in [0.1, 0.15) is 39.5 Å². The van der Waals surface area contributed by atoms with Gasteiger partial charge in [0.25, 0.3) is 0 Å². The standard InChI is InChI=1S/C20H26N2O4S/c1-14(2)27(24,25)22-17-10-8-15(9-11-17)20(23)21-18-6-3-5-16(13-18)19-7-4-12-26-19/h3-7,12-15,17,22H,8-11H2,1-2H3,(H,21,23)/t15-,17-. The van der Waals surface area contributed by atoms with E-state index in [0.717, 1.165) is 17.0 Å². The van der Waals surface area contributed by atoms with Crippen LogP contribution in [0.25, 0.3) is 11.3 Å². The van der Waals surface area contributed by atoms with Crippen LogP contribution in [0.2, 0.25) is 0 Å². The largest absolute Gasteiger partial charge is 0.464 e. The first-order chi connectivity index (χ1) is 12.8. The Hall–Kier alpha value is -2.12. The van der Waals surface area contributed by atoms with E-state index in [0.29, 0.717) is 25.7 Å². The van der Waals surface area contributed by atoms with E-state index in [4.69, 9.17) is 4.42 Å². The van der Waals surface area contributed by atoms with E-state index >= 15 is 0 Å². The molecule has 1 aromatic carbocycles. The van der Waals surface area contributed by atoms with Gasteiger partial charge in [-0.15, -0.1) is 0 Å². The Morgan fingerprint density at radius 1 is 1.11 bits per heavy atom. The van der Waals surface area contributed by atoms with Crippen molar-refractivity contribution in [2.24, 2.45) is 5.92 Å². The molecule has 0 saturated heterocycles. The molecule has 0 atom stereocenters. The number of anilines is 1. The minimum atomic E-state index is -3.27. The molecular formula is C20H26N2O4S. The Labute approximate surface area is 160 Å². The lowest BCUT2D eigenvalue weighted by Gasteiger charge is -2.28. The molecule has 1 aliphatic rings. The molecule has 1 amide bonds. The highest BCUT2D eigenvalue weighted by atomic mass is 32.2. The number of sulfonamides is 1. The monoisotopic (exact) mass is 390 g/mol. The number of carbonyl (C=O) groups excluding carboxylic acids is 1. The van der Waals surface area contributed by atoms with Crippen LogP contribution in [0.3, 0.4) is 0 Å². The number of carbonyl (C=O) groups is 1. The smallest absolute Gasteiger partial charge is 0.227 e. The van der Waals surface area contributed by atoms with E-state index in [9.17, 15) is 13.2 Å². The average molecular weight is 391 g/mol. The molecule has 1 saturated carbocycles. The molecule has 0 bridgehead atoms. The van der Waals surface area contributed by atoms with E-state index in [2.05, 4.69) is 10.0 Å². The van der Waals surface area contributed by atoms with Gasteiger partial charge in [-0.2, -0.15) is 0 Å². The van der Waals surface area contributed by atoms with Crippen LogP contribution in [0.15, 0.2) is 47.1 Å². The molecule has 1 aliphatic carbocycles. The van der Waals surface area contributed by atoms with Gasteiger partial charge in [-0.05, 0) is 63.8 Å². The SMILES string of the molecule is CC(C)S(=O)(=O)N[C@H]1CC[C@H](C(=O)Nc2cccc(-c3ccco3)c2)CC1. The predicted molar refractivity (Wildman–Crippen MR) is 106 cm³/mol. The van der Waals surface area contributed by atoms with Crippen LogP contribution in [-0.2, 0) is 14.8 Å². The number of benzene rings is 1. The second-order valence-electron chi connectivity index (χ2n) is 7.31. The van der Waals surface area contributed by atoms with E-state index in [1.165, 1.54) is 0 Å². The van der Waals surface area contributed by atoms with Crippen LogP contribution in [-0.4, -0.2) is 25.6 Å². The second kappa shape index (κ2) is 8.27. The Balaban J connectivity index is 1.55. The lowest BCUT2D eigenvalue weighted by molar-refractivity contribution is -0.120. The van der Waals surface area contributed by atoms with Gasteiger partial charge in [0.2, 0.25) is 15.9 Å². The van der Waals surface area contributed by atoms with Crippen LogP contribution in [0.5, 0.6) is 0 Å². The van der Waals surface area contributed by atoms with Gasteiger partial charge >= 0.3 is 0 Å². The first-order valence-corrected chi connectivity index (χ1v) is 10.9. The van der Waals surface area contributed by atoms with Crippen molar-refractivity contribution in [2.75, 3.05) is 5.32 Å². The van der Waals surface area contributed by atoms with E-state index in [1.807, 2.05) is 36.4 Å². The first kappa shape index (κ1) is 19.6. The van der Waals surface area contributed by atoms with Gasteiger partial charge in [-0.3, -0.25) is 4.79 Å². The fraction of sp³-hybridized carbons (Fsp3) is 0.450. The summed E-state index contributed by atoms with van der Waals surface area (Å²) in [4.78, 5) is 12.6. The molecule has 0 radical (unpaired) electrons. The van der Waals surface area contributed by atoms with E-state index < -0.39 is 15.3 Å². The minimum absolute atomic E-state index is 0.0169. The fourth-order valence-corrected chi connectivity index (χ4v) is 4.25. The van der Waals surface area contributed by atoms with Crippen molar-refractivity contribution in [1.82, 2.24) is 4.72 Å². The third kappa shape index (κ3) is 4.99. The molecule has 7 heteroatoms. The maximum atomic E-state index is 12.6. The lowest BCUT2D eigenvalue weighted by Crippen LogP contribution is -2.42. The summed E-state index contributed by atoms with van der Waals surface area (Å²) in [5.74, 6) is 0.637. The molecule has 146 valence electrons. The first-order valence-electron chi connectivity index (χ1n) is 9.31. The molecule has 1 aromatic heterocycles. The molecule has 1 heterocycles. The Bertz CT molecular complexity index is 867. The minimum Gasteiger partial charge on any atom is -0.464 e. The van der Waals surface area contributed by atoms with Crippen molar-refractivity contribution in [3.63, 3.8) is 0 Å². The van der Waals surface area contributed by atoms with Crippen molar-refractivity contribution in [3.05, 3.63) is 42.7 Å². The number of furan rings is 1. The van der Waals surface area contributed by atoms with Crippen molar-refractivity contribution in [3.8, 4) is 11.3 Å². The third-order valence-corrected chi connectivity index (χ3v) is 6.89. The van der Waals surface area contributed by atoms with Crippen LogP contribution < -0.4 is 10.0 Å². The van der Waals surface area contributed by atoms with Crippen LogP contribution in [0.4, 0.5) is 5.69 Å². The maximum absolute atomic E-state index is 12.6. The highest BCUT2D eigenvalue weighted by Gasteiger charge is 2.29. The number of hydrogen-bond acceptors (Lipinski definition) is 4. The summed E-state index contributed by atoms with van der Waals surface area (Å²) in [6.07, 6.45) is 4.32. The van der Waals surface area contributed by atoms with Gasteiger partial charge in [-0.25, -0.2) is 13.1 Å². The normalized spacial score (nSPS) is 20.6. The summed E-state index contributed by atoms with van der Waals surface area (Å²) >= 11 is 0.